The van der Waals surface area contributed by atoms with E-state index in [-0.39, 0.29) is 10.5 Å². The number of rotatable bonds is 4. The first-order chi connectivity index (χ1) is 10.3. The summed E-state index contributed by atoms with van der Waals surface area (Å²) in [7, 11) is -3.79. The Hall–Kier alpha value is -2.38. The number of nitrogens with two attached hydrogens (primary N) is 1. The molecule has 0 saturated carbocycles. The van der Waals surface area contributed by atoms with E-state index in [1.54, 1.807) is 12.1 Å². The number of anilines is 1. The van der Waals surface area contributed by atoms with Crippen LogP contribution in [0.1, 0.15) is 21.5 Å². The molecule has 0 atom stereocenters. The van der Waals surface area contributed by atoms with Crippen LogP contribution < -0.4 is 16.0 Å². The number of amides is 1. The lowest BCUT2D eigenvalue weighted by atomic mass is 10.1. The summed E-state index contributed by atoms with van der Waals surface area (Å²) in [6.45, 7) is 3.74. The lowest BCUT2D eigenvalue weighted by Crippen LogP contribution is -2.30. The summed E-state index contributed by atoms with van der Waals surface area (Å²) in [5.74, 6) is 4.51. The smallest absolute Gasteiger partial charge is 0.265 e. The van der Waals surface area contributed by atoms with Crippen molar-refractivity contribution in [2.45, 2.75) is 18.7 Å². The monoisotopic (exact) mass is 319 g/mol. The van der Waals surface area contributed by atoms with E-state index in [0.717, 1.165) is 11.1 Å². The first-order valence-corrected chi connectivity index (χ1v) is 8.03. The van der Waals surface area contributed by atoms with Crippen molar-refractivity contribution in [2.24, 2.45) is 5.84 Å². The molecule has 0 aromatic heterocycles. The standard InChI is InChI=1S/C15H17N3O3S/c1-10-5-3-8-14(11(10)2)18-22(20,21)13-7-4-6-12(9-13)15(19)17-16/h3-9,18H,16H2,1-2H3,(H,17,19). The number of benzene rings is 2. The zero-order valence-electron chi connectivity index (χ0n) is 12.3. The van der Waals surface area contributed by atoms with Gasteiger partial charge in [0.25, 0.3) is 15.9 Å². The number of nitrogens with one attached hydrogen (secondary N) is 2. The van der Waals surface area contributed by atoms with E-state index in [0.29, 0.717) is 5.69 Å². The average Bonchev–Trinajstić information content (AvgIpc) is 2.51. The summed E-state index contributed by atoms with van der Waals surface area (Å²) < 4.78 is 27.4. The van der Waals surface area contributed by atoms with Crippen LogP contribution in [0.2, 0.25) is 0 Å². The number of carbonyl (C=O) groups excluding carboxylic acids is 1. The molecule has 0 aliphatic heterocycles. The lowest BCUT2D eigenvalue weighted by molar-refractivity contribution is 0.0953. The van der Waals surface area contributed by atoms with E-state index < -0.39 is 15.9 Å². The normalized spacial score (nSPS) is 11.0. The summed E-state index contributed by atoms with van der Waals surface area (Å²) in [4.78, 5) is 11.5. The van der Waals surface area contributed by atoms with Gasteiger partial charge in [0.1, 0.15) is 0 Å². The van der Waals surface area contributed by atoms with Crippen molar-refractivity contribution < 1.29 is 13.2 Å². The Morgan fingerprint density at radius 1 is 1.09 bits per heavy atom. The second-order valence-corrected chi connectivity index (χ2v) is 6.54. The number of nitrogen functional groups attached to an aromatic ring is 1. The highest BCUT2D eigenvalue weighted by atomic mass is 32.2. The number of hydrazine groups is 1. The molecule has 0 aliphatic carbocycles. The molecule has 2 aromatic rings. The Morgan fingerprint density at radius 2 is 1.77 bits per heavy atom. The molecule has 0 saturated heterocycles. The molecule has 2 aromatic carbocycles. The van der Waals surface area contributed by atoms with Gasteiger partial charge < -0.3 is 0 Å². The number of carbonyl (C=O) groups is 1. The largest absolute Gasteiger partial charge is 0.290 e. The predicted octanol–water partition coefficient (Wildman–Crippen LogP) is 1.71. The molecule has 0 fully saturated rings. The van der Waals surface area contributed by atoms with Crippen LogP contribution in [0.3, 0.4) is 0 Å². The molecule has 2 rings (SSSR count). The van der Waals surface area contributed by atoms with Crippen molar-refractivity contribution >= 4 is 21.6 Å². The second kappa shape index (κ2) is 6.17. The maximum Gasteiger partial charge on any atom is 0.265 e. The zero-order chi connectivity index (χ0) is 16.3. The van der Waals surface area contributed by atoms with Gasteiger partial charge in [0, 0.05) is 5.56 Å². The molecule has 22 heavy (non-hydrogen) atoms. The number of hydrogen-bond acceptors (Lipinski definition) is 4. The molecule has 7 heteroatoms. The Morgan fingerprint density at radius 3 is 2.45 bits per heavy atom. The van der Waals surface area contributed by atoms with E-state index in [2.05, 4.69) is 4.72 Å². The van der Waals surface area contributed by atoms with Gasteiger partial charge in [0.05, 0.1) is 10.6 Å². The SMILES string of the molecule is Cc1cccc(NS(=O)(=O)c2cccc(C(=O)NN)c2)c1C. The Labute approximate surface area is 129 Å². The van der Waals surface area contributed by atoms with Gasteiger partial charge in [-0.15, -0.1) is 0 Å². The average molecular weight is 319 g/mol. The fourth-order valence-electron chi connectivity index (χ4n) is 1.95. The summed E-state index contributed by atoms with van der Waals surface area (Å²) in [6.07, 6.45) is 0. The third-order valence-electron chi connectivity index (χ3n) is 3.39. The van der Waals surface area contributed by atoms with E-state index in [4.69, 9.17) is 5.84 Å². The second-order valence-electron chi connectivity index (χ2n) is 4.85. The first kappa shape index (κ1) is 16.0. The third kappa shape index (κ3) is 3.26. The van der Waals surface area contributed by atoms with Gasteiger partial charge in [-0.25, -0.2) is 14.3 Å². The minimum absolute atomic E-state index is 0.00509. The summed E-state index contributed by atoms with van der Waals surface area (Å²) in [5.41, 5.74) is 4.48. The van der Waals surface area contributed by atoms with E-state index >= 15 is 0 Å². The molecule has 4 N–H and O–H groups in total. The van der Waals surface area contributed by atoms with Gasteiger partial charge in [-0.3, -0.25) is 14.9 Å². The van der Waals surface area contributed by atoms with Crippen LogP contribution in [0.15, 0.2) is 47.4 Å². The topological polar surface area (TPSA) is 101 Å². The minimum Gasteiger partial charge on any atom is -0.290 e. The molecule has 1 amide bonds. The Kier molecular flexibility index (Phi) is 4.48. The highest BCUT2D eigenvalue weighted by Gasteiger charge is 2.17. The van der Waals surface area contributed by atoms with Gasteiger partial charge in [-0.05, 0) is 49.2 Å². The van der Waals surface area contributed by atoms with Crippen LogP contribution in [0.4, 0.5) is 5.69 Å². The Balaban J connectivity index is 2.39. The van der Waals surface area contributed by atoms with Gasteiger partial charge in [-0.1, -0.05) is 18.2 Å². The number of hydrogen-bond donors (Lipinski definition) is 3. The maximum absolute atomic E-state index is 12.5. The Bertz CT molecular complexity index is 817. The molecular formula is C15H17N3O3S. The minimum atomic E-state index is -3.79. The highest BCUT2D eigenvalue weighted by Crippen LogP contribution is 2.22. The van der Waals surface area contributed by atoms with E-state index in [9.17, 15) is 13.2 Å². The van der Waals surface area contributed by atoms with Crippen molar-refractivity contribution in [3.63, 3.8) is 0 Å². The van der Waals surface area contributed by atoms with Gasteiger partial charge in [-0.2, -0.15) is 0 Å². The molecule has 0 heterocycles. The van der Waals surface area contributed by atoms with Crippen molar-refractivity contribution in [2.75, 3.05) is 4.72 Å². The molecule has 0 aliphatic rings. The van der Waals surface area contributed by atoms with Crippen molar-refractivity contribution in [3.8, 4) is 0 Å². The van der Waals surface area contributed by atoms with Crippen molar-refractivity contribution in [1.29, 1.82) is 0 Å². The molecule has 0 spiro atoms. The summed E-state index contributed by atoms with van der Waals surface area (Å²) in [6, 6.07) is 11.0. The molecule has 6 nitrogen and oxygen atoms in total. The van der Waals surface area contributed by atoms with Gasteiger partial charge >= 0.3 is 0 Å². The lowest BCUT2D eigenvalue weighted by Gasteiger charge is -2.12. The van der Waals surface area contributed by atoms with Crippen molar-refractivity contribution in [3.05, 3.63) is 59.2 Å². The van der Waals surface area contributed by atoms with Crippen LogP contribution in [-0.4, -0.2) is 14.3 Å². The molecule has 0 bridgehead atoms. The molecule has 116 valence electrons. The van der Waals surface area contributed by atoms with Crippen LogP contribution in [0.25, 0.3) is 0 Å². The fourth-order valence-corrected chi connectivity index (χ4v) is 3.12. The molecular weight excluding hydrogens is 302 g/mol. The van der Waals surface area contributed by atoms with Crippen LogP contribution >= 0.6 is 0 Å². The predicted molar refractivity (Wildman–Crippen MR) is 84.8 cm³/mol. The summed E-state index contributed by atoms with van der Waals surface area (Å²) in [5, 5.41) is 0. The van der Waals surface area contributed by atoms with Gasteiger partial charge in [0.2, 0.25) is 0 Å². The number of aryl methyl sites for hydroxylation is 1. The number of sulfonamides is 1. The fraction of sp³-hybridized carbons (Fsp3) is 0.133. The van der Waals surface area contributed by atoms with Gasteiger partial charge in [0.15, 0.2) is 0 Å². The van der Waals surface area contributed by atoms with Crippen LogP contribution in [0.5, 0.6) is 0 Å². The van der Waals surface area contributed by atoms with Crippen LogP contribution in [-0.2, 0) is 10.0 Å². The van der Waals surface area contributed by atoms with Crippen molar-refractivity contribution in [1.82, 2.24) is 5.43 Å². The third-order valence-corrected chi connectivity index (χ3v) is 4.75. The van der Waals surface area contributed by atoms with E-state index in [1.165, 1.54) is 24.3 Å². The maximum atomic E-state index is 12.5. The quantitative estimate of drug-likeness (QED) is 0.453. The zero-order valence-corrected chi connectivity index (χ0v) is 13.1. The first-order valence-electron chi connectivity index (χ1n) is 6.55. The molecule has 0 radical (unpaired) electrons. The summed E-state index contributed by atoms with van der Waals surface area (Å²) >= 11 is 0. The molecule has 0 unspecified atom stereocenters. The van der Waals surface area contributed by atoms with E-state index in [1.807, 2.05) is 25.3 Å². The highest BCUT2D eigenvalue weighted by molar-refractivity contribution is 7.92. The van der Waals surface area contributed by atoms with Crippen LogP contribution in [0, 0.1) is 13.8 Å².